The fraction of sp³-hybridized carbons (Fsp3) is 0.154. The topological polar surface area (TPSA) is 0 Å². The fourth-order valence-corrected chi connectivity index (χ4v) is 2.46. The molecule has 0 radical (unpaired) electrons. The van der Waals surface area contributed by atoms with Gasteiger partial charge in [-0.1, -0.05) is 122 Å². The SMILES string of the molecule is CC.Cc1ccc(C=Cc2ccc(C=Cc3ccc(C)cc3)cc2)cc1. The summed E-state index contributed by atoms with van der Waals surface area (Å²) in [7, 11) is 0. The van der Waals surface area contributed by atoms with E-state index in [9.17, 15) is 0 Å². The Kier molecular flexibility index (Phi) is 7.64. The molecule has 132 valence electrons. The Bertz CT molecular complexity index is 756. The Morgan fingerprint density at radius 1 is 0.385 bits per heavy atom. The van der Waals surface area contributed by atoms with Crippen molar-refractivity contribution in [2.24, 2.45) is 0 Å². The second kappa shape index (κ2) is 10.2. The summed E-state index contributed by atoms with van der Waals surface area (Å²) < 4.78 is 0. The highest BCUT2D eigenvalue weighted by atomic mass is 14.0. The smallest absolute Gasteiger partial charge is 0.0256 e. The molecule has 0 atom stereocenters. The molecule has 26 heavy (non-hydrogen) atoms. The summed E-state index contributed by atoms with van der Waals surface area (Å²) in [5.41, 5.74) is 7.45. The van der Waals surface area contributed by atoms with Gasteiger partial charge in [0.15, 0.2) is 0 Å². The van der Waals surface area contributed by atoms with Gasteiger partial charge in [0, 0.05) is 0 Å². The molecule has 0 heterocycles. The highest BCUT2D eigenvalue weighted by Crippen LogP contribution is 2.13. The van der Waals surface area contributed by atoms with Gasteiger partial charge < -0.3 is 0 Å². The maximum atomic E-state index is 2.15. The lowest BCUT2D eigenvalue weighted by molar-refractivity contribution is 1.46. The predicted molar refractivity (Wildman–Crippen MR) is 118 cm³/mol. The molecule has 0 aliphatic carbocycles. The normalized spacial score (nSPS) is 10.8. The second-order valence-electron chi connectivity index (χ2n) is 6.15. The Balaban J connectivity index is 0.00000117. The maximum absolute atomic E-state index is 2.15. The molecule has 0 nitrogen and oxygen atoms in total. The van der Waals surface area contributed by atoms with E-state index in [0.717, 1.165) is 0 Å². The van der Waals surface area contributed by atoms with Gasteiger partial charge in [-0.25, -0.2) is 0 Å². The van der Waals surface area contributed by atoms with Gasteiger partial charge in [-0.3, -0.25) is 0 Å². The van der Waals surface area contributed by atoms with Crippen molar-refractivity contribution in [3.8, 4) is 0 Å². The van der Waals surface area contributed by atoms with Crippen molar-refractivity contribution in [1.82, 2.24) is 0 Å². The van der Waals surface area contributed by atoms with Crippen molar-refractivity contribution in [1.29, 1.82) is 0 Å². The molecular weight excluding hydrogens is 312 g/mol. The van der Waals surface area contributed by atoms with Gasteiger partial charge in [0.05, 0.1) is 0 Å². The van der Waals surface area contributed by atoms with E-state index in [1.54, 1.807) is 0 Å². The van der Waals surface area contributed by atoms with Gasteiger partial charge in [-0.05, 0) is 36.1 Å². The molecule has 0 aliphatic rings. The first kappa shape index (κ1) is 19.5. The first-order chi connectivity index (χ1) is 12.7. The van der Waals surface area contributed by atoms with Crippen LogP contribution in [0.15, 0.2) is 72.8 Å². The molecule has 0 bridgehead atoms. The van der Waals surface area contributed by atoms with Gasteiger partial charge in [0.2, 0.25) is 0 Å². The summed E-state index contributed by atoms with van der Waals surface area (Å²) in [6, 6.07) is 25.7. The third kappa shape index (κ3) is 6.22. The number of benzene rings is 3. The Hall–Kier alpha value is -2.86. The molecule has 0 aromatic heterocycles. The van der Waals surface area contributed by atoms with Crippen LogP contribution in [0.4, 0.5) is 0 Å². The van der Waals surface area contributed by atoms with E-state index in [0.29, 0.717) is 0 Å². The molecular formula is C26H28. The van der Waals surface area contributed by atoms with Crippen molar-refractivity contribution in [2.45, 2.75) is 27.7 Å². The largest absolute Gasteiger partial charge is 0.0683 e. The molecule has 0 amide bonds. The zero-order chi connectivity index (χ0) is 18.8. The van der Waals surface area contributed by atoms with Crippen LogP contribution in [0.1, 0.15) is 47.2 Å². The molecule has 0 aliphatic heterocycles. The first-order valence-electron chi connectivity index (χ1n) is 9.29. The molecule has 0 unspecified atom stereocenters. The van der Waals surface area contributed by atoms with Crippen LogP contribution < -0.4 is 0 Å². The summed E-state index contributed by atoms with van der Waals surface area (Å²) in [6.07, 6.45) is 8.60. The zero-order valence-corrected chi connectivity index (χ0v) is 16.2. The molecule has 3 rings (SSSR count). The van der Waals surface area contributed by atoms with Crippen LogP contribution in [0.2, 0.25) is 0 Å². The van der Waals surface area contributed by atoms with Crippen LogP contribution in [-0.2, 0) is 0 Å². The van der Waals surface area contributed by atoms with Crippen LogP contribution in [0.25, 0.3) is 24.3 Å². The van der Waals surface area contributed by atoms with Crippen molar-refractivity contribution >= 4 is 24.3 Å². The Morgan fingerprint density at radius 3 is 0.808 bits per heavy atom. The lowest BCUT2D eigenvalue weighted by Crippen LogP contribution is -1.77. The maximum Gasteiger partial charge on any atom is -0.0256 e. The highest BCUT2D eigenvalue weighted by molar-refractivity contribution is 5.73. The van der Waals surface area contributed by atoms with Gasteiger partial charge in [-0.2, -0.15) is 0 Å². The van der Waals surface area contributed by atoms with E-state index < -0.39 is 0 Å². The summed E-state index contributed by atoms with van der Waals surface area (Å²) in [6.45, 7) is 8.21. The molecule has 0 N–H and O–H groups in total. The van der Waals surface area contributed by atoms with Gasteiger partial charge in [0.1, 0.15) is 0 Å². The molecule has 0 heteroatoms. The van der Waals surface area contributed by atoms with Crippen molar-refractivity contribution in [3.05, 3.63) is 106 Å². The van der Waals surface area contributed by atoms with Crippen LogP contribution in [0.3, 0.4) is 0 Å². The summed E-state index contributed by atoms with van der Waals surface area (Å²) in [5.74, 6) is 0. The monoisotopic (exact) mass is 340 g/mol. The zero-order valence-electron chi connectivity index (χ0n) is 16.2. The molecule has 3 aromatic rings. The molecule has 3 aromatic carbocycles. The van der Waals surface area contributed by atoms with Crippen LogP contribution in [0.5, 0.6) is 0 Å². The summed E-state index contributed by atoms with van der Waals surface area (Å²) >= 11 is 0. The Labute approximate surface area is 158 Å². The molecule has 0 saturated carbocycles. The summed E-state index contributed by atoms with van der Waals surface area (Å²) in [4.78, 5) is 0. The minimum atomic E-state index is 1.21. The number of hydrogen-bond acceptors (Lipinski definition) is 0. The van der Waals surface area contributed by atoms with Crippen LogP contribution >= 0.6 is 0 Å². The van der Waals surface area contributed by atoms with Crippen molar-refractivity contribution < 1.29 is 0 Å². The van der Waals surface area contributed by atoms with Gasteiger partial charge in [-0.15, -0.1) is 0 Å². The van der Waals surface area contributed by atoms with Gasteiger partial charge >= 0.3 is 0 Å². The Morgan fingerprint density at radius 2 is 0.577 bits per heavy atom. The van der Waals surface area contributed by atoms with E-state index in [-0.39, 0.29) is 0 Å². The van der Waals surface area contributed by atoms with Crippen LogP contribution in [-0.4, -0.2) is 0 Å². The lowest BCUT2D eigenvalue weighted by Gasteiger charge is -1.98. The number of aryl methyl sites for hydroxylation is 2. The van der Waals surface area contributed by atoms with Crippen LogP contribution in [0, 0.1) is 13.8 Å². The fourth-order valence-electron chi connectivity index (χ4n) is 2.46. The third-order valence-electron chi connectivity index (χ3n) is 4.03. The van der Waals surface area contributed by atoms with E-state index in [4.69, 9.17) is 0 Å². The van der Waals surface area contributed by atoms with Gasteiger partial charge in [0.25, 0.3) is 0 Å². The minimum absolute atomic E-state index is 1.21. The van der Waals surface area contributed by atoms with Crippen molar-refractivity contribution in [3.63, 3.8) is 0 Å². The predicted octanol–water partition coefficient (Wildman–Crippen LogP) is 7.67. The molecule has 0 fully saturated rings. The standard InChI is InChI=1S/C24H22.C2H6/c1-19-3-7-21(8-4-19)11-13-23-15-17-24(18-16-23)14-12-22-9-5-20(2)6-10-22;1-2/h3-18H,1-2H3;1-2H3. The lowest BCUT2D eigenvalue weighted by atomic mass is 10.1. The van der Waals surface area contributed by atoms with E-state index in [1.807, 2.05) is 13.8 Å². The quantitative estimate of drug-likeness (QED) is 0.427. The first-order valence-corrected chi connectivity index (χ1v) is 9.29. The summed E-state index contributed by atoms with van der Waals surface area (Å²) in [5, 5.41) is 0. The van der Waals surface area contributed by atoms with E-state index >= 15 is 0 Å². The third-order valence-corrected chi connectivity index (χ3v) is 4.03. The number of rotatable bonds is 4. The number of hydrogen-bond donors (Lipinski definition) is 0. The molecule has 0 saturated heterocycles. The van der Waals surface area contributed by atoms with Crippen molar-refractivity contribution in [2.75, 3.05) is 0 Å². The molecule has 0 spiro atoms. The van der Waals surface area contributed by atoms with E-state index in [2.05, 4.69) is 111 Å². The average molecular weight is 341 g/mol. The highest BCUT2D eigenvalue weighted by Gasteiger charge is 1.91. The second-order valence-corrected chi connectivity index (χ2v) is 6.15. The average Bonchev–Trinajstić information content (AvgIpc) is 2.69. The minimum Gasteiger partial charge on any atom is -0.0683 e. The van der Waals surface area contributed by atoms with E-state index in [1.165, 1.54) is 33.4 Å².